The number of nitrogens with two attached hydrogens (primary N) is 1. The van der Waals surface area contributed by atoms with Gasteiger partial charge in [-0.15, -0.1) is 12.4 Å². The molecular formula is C15H15ClFNO2. The minimum absolute atomic E-state index is 0. The van der Waals surface area contributed by atoms with Crippen LogP contribution in [0, 0.1) is 5.82 Å². The molecule has 3 nitrogen and oxygen atoms in total. The highest BCUT2D eigenvalue weighted by Gasteiger charge is 2.12. The van der Waals surface area contributed by atoms with Crippen molar-refractivity contribution in [1.29, 1.82) is 0 Å². The van der Waals surface area contributed by atoms with Crippen molar-refractivity contribution in [1.82, 2.24) is 0 Å². The highest BCUT2D eigenvalue weighted by atomic mass is 35.5. The third kappa shape index (κ3) is 3.35. The zero-order chi connectivity index (χ0) is 13.8. The molecule has 0 spiro atoms. The molecule has 0 aromatic heterocycles. The predicted molar refractivity (Wildman–Crippen MR) is 78.3 cm³/mol. The molecule has 0 saturated carbocycles. The van der Waals surface area contributed by atoms with Crippen LogP contribution in [0.5, 0.6) is 0 Å². The molecule has 2 rings (SSSR count). The average molecular weight is 296 g/mol. The van der Waals surface area contributed by atoms with Crippen molar-refractivity contribution in [2.75, 3.05) is 7.11 Å². The summed E-state index contributed by atoms with van der Waals surface area (Å²) in [6.45, 7) is 0.427. The Morgan fingerprint density at radius 2 is 1.90 bits per heavy atom. The molecule has 106 valence electrons. The first-order chi connectivity index (χ1) is 9.15. The maximum Gasteiger partial charge on any atom is 0.340 e. The summed E-state index contributed by atoms with van der Waals surface area (Å²) in [6.07, 6.45) is 0. The third-order valence-electron chi connectivity index (χ3n) is 2.87. The number of hydrogen-bond acceptors (Lipinski definition) is 3. The molecule has 2 aromatic rings. The van der Waals surface area contributed by atoms with Crippen molar-refractivity contribution in [3.8, 4) is 11.1 Å². The number of rotatable bonds is 3. The third-order valence-corrected chi connectivity index (χ3v) is 2.87. The maximum atomic E-state index is 13.8. The number of ether oxygens (including phenoxy) is 1. The average Bonchev–Trinajstić information content (AvgIpc) is 2.46. The van der Waals surface area contributed by atoms with Crippen LogP contribution in [-0.4, -0.2) is 13.1 Å². The summed E-state index contributed by atoms with van der Waals surface area (Å²) in [6, 6.07) is 12.0. The van der Waals surface area contributed by atoms with E-state index in [-0.39, 0.29) is 18.0 Å². The highest BCUT2D eigenvalue weighted by Crippen LogP contribution is 2.23. The second-order valence-electron chi connectivity index (χ2n) is 4.09. The Kier molecular flexibility index (Phi) is 5.67. The largest absolute Gasteiger partial charge is 0.465 e. The van der Waals surface area contributed by atoms with Crippen LogP contribution >= 0.6 is 12.4 Å². The number of hydrogen-bond donors (Lipinski definition) is 1. The summed E-state index contributed by atoms with van der Waals surface area (Å²) in [5.74, 6) is -1.28. The summed E-state index contributed by atoms with van der Waals surface area (Å²) in [5, 5.41) is 0. The Morgan fingerprint density at radius 3 is 2.50 bits per heavy atom. The Morgan fingerprint density at radius 1 is 1.20 bits per heavy atom. The van der Waals surface area contributed by atoms with Gasteiger partial charge in [0.25, 0.3) is 0 Å². The Bertz CT molecular complexity index is 617. The van der Waals surface area contributed by atoms with Gasteiger partial charge in [0.05, 0.1) is 12.7 Å². The fourth-order valence-corrected chi connectivity index (χ4v) is 1.85. The van der Waals surface area contributed by atoms with Crippen LogP contribution in [0.2, 0.25) is 0 Å². The smallest absolute Gasteiger partial charge is 0.340 e. The summed E-state index contributed by atoms with van der Waals surface area (Å²) >= 11 is 0. The van der Waals surface area contributed by atoms with Gasteiger partial charge >= 0.3 is 5.97 Å². The lowest BCUT2D eigenvalue weighted by Gasteiger charge is -2.06. The number of halogens is 2. The molecule has 0 heterocycles. The molecule has 0 bridgehead atoms. The summed E-state index contributed by atoms with van der Waals surface area (Å²) < 4.78 is 18.3. The van der Waals surface area contributed by atoms with Crippen LogP contribution in [0.15, 0.2) is 42.5 Å². The maximum absolute atomic E-state index is 13.8. The SMILES string of the molecule is COC(=O)c1ccc(-c2cccc(CN)c2)cc1F.Cl. The minimum Gasteiger partial charge on any atom is -0.465 e. The fraction of sp³-hybridized carbons (Fsp3) is 0.133. The Labute approximate surface area is 123 Å². The molecule has 0 fully saturated rings. The quantitative estimate of drug-likeness (QED) is 0.885. The molecule has 0 unspecified atom stereocenters. The van der Waals surface area contributed by atoms with Crippen molar-refractivity contribution in [3.63, 3.8) is 0 Å². The van der Waals surface area contributed by atoms with Gasteiger partial charge in [-0.25, -0.2) is 9.18 Å². The Balaban J connectivity index is 0.00000200. The van der Waals surface area contributed by atoms with Gasteiger partial charge in [-0.2, -0.15) is 0 Å². The van der Waals surface area contributed by atoms with Gasteiger partial charge in [-0.3, -0.25) is 0 Å². The van der Waals surface area contributed by atoms with E-state index in [1.165, 1.54) is 19.2 Å². The van der Waals surface area contributed by atoms with Crippen molar-refractivity contribution in [3.05, 3.63) is 59.4 Å². The second-order valence-corrected chi connectivity index (χ2v) is 4.09. The molecular weight excluding hydrogens is 281 g/mol. The van der Waals surface area contributed by atoms with E-state index in [2.05, 4.69) is 4.74 Å². The first kappa shape index (κ1) is 16.1. The minimum atomic E-state index is -0.681. The predicted octanol–water partition coefficient (Wildman–Crippen LogP) is 3.16. The number of esters is 1. The van der Waals surface area contributed by atoms with Gasteiger partial charge in [-0.1, -0.05) is 24.3 Å². The lowest BCUT2D eigenvalue weighted by molar-refractivity contribution is 0.0595. The van der Waals surface area contributed by atoms with Gasteiger partial charge in [0.15, 0.2) is 0 Å². The molecule has 2 N–H and O–H groups in total. The molecule has 0 amide bonds. The van der Waals surface area contributed by atoms with E-state index in [0.717, 1.165) is 11.1 Å². The number of benzene rings is 2. The number of methoxy groups -OCH3 is 1. The zero-order valence-electron chi connectivity index (χ0n) is 10.9. The van der Waals surface area contributed by atoms with Crippen LogP contribution in [0.25, 0.3) is 11.1 Å². The molecule has 0 aliphatic carbocycles. The Hall–Kier alpha value is -1.91. The van der Waals surface area contributed by atoms with Crippen LogP contribution in [0.4, 0.5) is 4.39 Å². The normalized spacial score (nSPS) is 9.75. The van der Waals surface area contributed by atoms with Crippen LogP contribution in [0.1, 0.15) is 15.9 Å². The highest BCUT2D eigenvalue weighted by molar-refractivity contribution is 5.90. The van der Waals surface area contributed by atoms with Gasteiger partial charge in [0, 0.05) is 6.54 Å². The zero-order valence-corrected chi connectivity index (χ0v) is 11.7. The lowest BCUT2D eigenvalue weighted by atomic mass is 10.0. The van der Waals surface area contributed by atoms with E-state index in [4.69, 9.17) is 5.73 Å². The molecule has 0 atom stereocenters. The molecule has 0 aliphatic rings. The molecule has 2 aromatic carbocycles. The molecule has 0 aliphatic heterocycles. The van der Waals surface area contributed by atoms with Gasteiger partial charge in [0.2, 0.25) is 0 Å². The van der Waals surface area contributed by atoms with Gasteiger partial charge < -0.3 is 10.5 Å². The standard InChI is InChI=1S/C15H14FNO2.ClH/c1-19-15(18)13-6-5-12(8-14(13)16)11-4-2-3-10(7-11)9-17;/h2-8H,9,17H2,1H3;1H. The van der Waals surface area contributed by atoms with Crippen molar-refractivity contribution in [2.24, 2.45) is 5.73 Å². The van der Waals surface area contributed by atoms with Crippen LogP contribution in [0.3, 0.4) is 0 Å². The van der Waals surface area contributed by atoms with Gasteiger partial charge in [0.1, 0.15) is 5.82 Å². The van der Waals surface area contributed by atoms with E-state index in [1.54, 1.807) is 6.07 Å². The molecule has 5 heteroatoms. The van der Waals surface area contributed by atoms with E-state index in [1.807, 2.05) is 24.3 Å². The van der Waals surface area contributed by atoms with Crippen LogP contribution < -0.4 is 5.73 Å². The van der Waals surface area contributed by atoms with E-state index < -0.39 is 11.8 Å². The van der Waals surface area contributed by atoms with Crippen LogP contribution in [-0.2, 0) is 11.3 Å². The van der Waals surface area contributed by atoms with Crippen molar-refractivity contribution < 1.29 is 13.9 Å². The van der Waals surface area contributed by atoms with E-state index in [9.17, 15) is 9.18 Å². The topological polar surface area (TPSA) is 52.3 Å². The van der Waals surface area contributed by atoms with E-state index in [0.29, 0.717) is 12.1 Å². The monoisotopic (exact) mass is 295 g/mol. The number of carbonyl (C=O) groups excluding carboxylic acids is 1. The summed E-state index contributed by atoms with van der Waals surface area (Å²) in [5.41, 5.74) is 8.03. The van der Waals surface area contributed by atoms with Crippen molar-refractivity contribution in [2.45, 2.75) is 6.54 Å². The fourth-order valence-electron chi connectivity index (χ4n) is 1.85. The summed E-state index contributed by atoms with van der Waals surface area (Å²) in [7, 11) is 1.22. The lowest BCUT2D eigenvalue weighted by Crippen LogP contribution is -2.04. The van der Waals surface area contributed by atoms with Crippen molar-refractivity contribution >= 4 is 18.4 Å². The van der Waals surface area contributed by atoms with E-state index >= 15 is 0 Å². The second kappa shape index (κ2) is 7.03. The molecule has 0 radical (unpaired) electrons. The first-order valence-electron chi connectivity index (χ1n) is 5.83. The van der Waals surface area contributed by atoms with Gasteiger partial charge in [-0.05, 0) is 34.9 Å². The molecule has 0 saturated heterocycles. The summed E-state index contributed by atoms with van der Waals surface area (Å²) in [4.78, 5) is 11.3. The number of carbonyl (C=O) groups is 1. The first-order valence-corrected chi connectivity index (χ1v) is 5.83. The molecule has 20 heavy (non-hydrogen) atoms.